The molecule has 33 heavy (non-hydrogen) atoms. The fraction of sp³-hybridized carbons (Fsp3) is 0.609. The summed E-state index contributed by atoms with van der Waals surface area (Å²) in [4.78, 5) is 43.3. The number of piperazine rings is 1. The van der Waals surface area contributed by atoms with E-state index in [4.69, 9.17) is 9.47 Å². The van der Waals surface area contributed by atoms with Crippen LogP contribution in [0.15, 0.2) is 18.2 Å². The van der Waals surface area contributed by atoms with Gasteiger partial charge in [-0.25, -0.2) is 4.79 Å². The van der Waals surface area contributed by atoms with Gasteiger partial charge in [-0.05, 0) is 30.4 Å². The number of imide groups is 1. The first-order chi connectivity index (χ1) is 15.9. The molecule has 3 heterocycles. The number of hydrogen-bond acceptors (Lipinski definition) is 7. The average molecular weight is 460 g/mol. The Morgan fingerprint density at radius 1 is 0.939 bits per heavy atom. The lowest BCUT2D eigenvalue weighted by atomic mass is 9.92. The molecule has 4 rings (SSSR count). The molecule has 0 aliphatic carbocycles. The van der Waals surface area contributed by atoms with Gasteiger partial charge in [0.05, 0.1) is 13.1 Å². The molecule has 1 aromatic rings. The summed E-state index contributed by atoms with van der Waals surface area (Å²) in [7, 11) is 0. The highest BCUT2D eigenvalue weighted by Crippen LogP contribution is 2.34. The number of fused-ring (bicyclic) bond motifs is 1. The van der Waals surface area contributed by atoms with E-state index in [1.807, 2.05) is 9.80 Å². The van der Waals surface area contributed by atoms with Crippen LogP contribution in [0, 0.1) is 11.8 Å². The quantitative estimate of drug-likeness (QED) is 0.682. The predicted octanol–water partition coefficient (Wildman–Crippen LogP) is 1.19. The molecule has 4 amide bonds. The highest BCUT2D eigenvalue weighted by Gasteiger charge is 2.28. The second kappa shape index (κ2) is 10.4. The minimum absolute atomic E-state index is 0.136. The van der Waals surface area contributed by atoms with Crippen LogP contribution in [0.1, 0.15) is 20.3 Å². The standard InChI is InChI=1S/C23H33N5O5/c1-16-9-17(2)12-28(11-16)22(30)14-27-7-5-26(6-8-27)13-21(29)25-23(31)24-18-3-4-19-20(10-18)33-15-32-19/h3-4,10,16-17H,5-9,11-15H2,1-2H3,(H2,24,25,29,31). The molecule has 1 aromatic carbocycles. The van der Waals surface area contributed by atoms with Crippen molar-refractivity contribution < 1.29 is 23.9 Å². The maximum Gasteiger partial charge on any atom is 0.325 e. The minimum Gasteiger partial charge on any atom is -0.454 e. The molecule has 10 heteroatoms. The zero-order valence-corrected chi connectivity index (χ0v) is 19.3. The van der Waals surface area contributed by atoms with Crippen molar-refractivity contribution in [1.29, 1.82) is 0 Å². The largest absolute Gasteiger partial charge is 0.454 e. The number of nitrogens with one attached hydrogen (secondary N) is 2. The summed E-state index contributed by atoms with van der Waals surface area (Å²) >= 11 is 0. The summed E-state index contributed by atoms with van der Waals surface area (Å²) in [5.41, 5.74) is 0.514. The molecule has 2 N–H and O–H groups in total. The van der Waals surface area contributed by atoms with Gasteiger partial charge in [-0.15, -0.1) is 0 Å². The summed E-state index contributed by atoms with van der Waals surface area (Å²) in [5.74, 6) is 2.11. The molecule has 180 valence electrons. The van der Waals surface area contributed by atoms with Crippen LogP contribution >= 0.6 is 0 Å². The van der Waals surface area contributed by atoms with Crippen LogP contribution < -0.4 is 20.1 Å². The molecule has 10 nitrogen and oxygen atoms in total. The van der Waals surface area contributed by atoms with Crippen LogP contribution in [-0.4, -0.2) is 91.7 Å². The predicted molar refractivity (Wildman–Crippen MR) is 122 cm³/mol. The van der Waals surface area contributed by atoms with E-state index in [1.165, 1.54) is 6.42 Å². The fourth-order valence-corrected chi connectivity index (χ4v) is 4.77. The Morgan fingerprint density at radius 2 is 1.58 bits per heavy atom. The Hall–Kier alpha value is -2.85. The third-order valence-electron chi connectivity index (χ3n) is 6.30. The van der Waals surface area contributed by atoms with Gasteiger partial charge in [0.1, 0.15) is 0 Å². The van der Waals surface area contributed by atoms with Crippen LogP contribution in [0.25, 0.3) is 0 Å². The summed E-state index contributed by atoms with van der Waals surface area (Å²) < 4.78 is 10.5. The number of carbonyl (C=O) groups is 3. The third kappa shape index (κ3) is 6.35. The first-order valence-corrected chi connectivity index (χ1v) is 11.6. The molecule has 3 aliphatic heterocycles. The fourth-order valence-electron chi connectivity index (χ4n) is 4.77. The van der Waals surface area contributed by atoms with Gasteiger partial charge in [0, 0.05) is 51.0 Å². The molecular formula is C23H33N5O5. The first kappa shape index (κ1) is 23.3. The van der Waals surface area contributed by atoms with E-state index in [2.05, 4.69) is 29.4 Å². The monoisotopic (exact) mass is 459 g/mol. The summed E-state index contributed by atoms with van der Waals surface area (Å²) in [6.45, 7) is 9.62. The Bertz CT molecular complexity index is 876. The molecule has 3 aliphatic rings. The van der Waals surface area contributed by atoms with Gasteiger partial charge in [-0.2, -0.15) is 0 Å². The lowest BCUT2D eigenvalue weighted by Gasteiger charge is -2.38. The molecular weight excluding hydrogens is 426 g/mol. The number of amides is 4. The van der Waals surface area contributed by atoms with E-state index in [1.54, 1.807) is 18.2 Å². The molecule has 2 atom stereocenters. The smallest absolute Gasteiger partial charge is 0.325 e. The molecule has 0 spiro atoms. The first-order valence-electron chi connectivity index (χ1n) is 11.6. The maximum atomic E-state index is 12.7. The Balaban J connectivity index is 1.15. The van der Waals surface area contributed by atoms with Crippen molar-refractivity contribution in [1.82, 2.24) is 20.0 Å². The van der Waals surface area contributed by atoms with Crippen LogP contribution in [0.5, 0.6) is 11.5 Å². The number of anilines is 1. The molecule has 0 saturated carbocycles. The topological polar surface area (TPSA) is 103 Å². The van der Waals surface area contributed by atoms with E-state index in [0.29, 0.717) is 48.7 Å². The van der Waals surface area contributed by atoms with Crippen molar-refractivity contribution in [2.45, 2.75) is 20.3 Å². The normalized spacial score (nSPS) is 23.3. The number of likely N-dealkylation sites (tertiary alicyclic amines) is 1. The molecule has 2 saturated heterocycles. The number of nitrogens with zero attached hydrogens (tertiary/aromatic N) is 3. The van der Waals surface area contributed by atoms with Crippen LogP contribution in [0.3, 0.4) is 0 Å². The van der Waals surface area contributed by atoms with Gasteiger partial charge in [0.15, 0.2) is 11.5 Å². The average Bonchev–Trinajstić information content (AvgIpc) is 3.22. The van der Waals surface area contributed by atoms with Gasteiger partial charge < -0.3 is 19.7 Å². The zero-order chi connectivity index (χ0) is 23.4. The molecule has 0 aromatic heterocycles. The van der Waals surface area contributed by atoms with E-state index in [-0.39, 0.29) is 25.2 Å². The van der Waals surface area contributed by atoms with Gasteiger partial charge in [0.2, 0.25) is 18.6 Å². The summed E-state index contributed by atoms with van der Waals surface area (Å²) in [6.07, 6.45) is 1.18. The number of benzene rings is 1. The Labute approximate surface area is 194 Å². The van der Waals surface area contributed by atoms with Gasteiger partial charge in [-0.3, -0.25) is 24.7 Å². The number of piperidine rings is 1. The second-order valence-corrected chi connectivity index (χ2v) is 9.37. The van der Waals surface area contributed by atoms with Crippen LogP contribution in [0.2, 0.25) is 0 Å². The Kier molecular flexibility index (Phi) is 7.34. The number of urea groups is 1. The molecule has 2 unspecified atom stereocenters. The van der Waals surface area contributed by atoms with E-state index >= 15 is 0 Å². The molecule has 2 fully saturated rings. The van der Waals surface area contributed by atoms with Crippen molar-refractivity contribution >= 4 is 23.5 Å². The van der Waals surface area contributed by atoms with Crippen molar-refractivity contribution in [3.05, 3.63) is 18.2 Å². The lowest BCUT2D eigenvalue weighted by Crippen LogP contribution is -2.53. The lowest BCUT2D eigenvalue weighted by molar-refractivity contribution is -0.135. The minimum atomic E-state index is -0.590. The van der Waals surface area contributed by atoms with Gasteiger partial charge in [-0.1, -0.05) is 13.8 Å². The van der Waals surface area contributed by atoms with Gasteiger partial charge >= 0.3 is 6.03 Å². The van der Waals surface area contributed by atoms with E-state index < -0.39 is 6.03 Å². The van der Waals surface area contributed by atoms with Crippen LogP contribution in [-0.2, 0) is 9.59 Å². The van der Waals surface area contributed by atoms with E-state index in [9.17, 15) is 14.4 Å². The molecule has 0 bridgehead atoms. The maximum absolute atomic E-state index is 12.7. The van der Waals surface area contributed by atoms with Crippen LogP contribution in [0.4, 0.5) is 10.5 Å². The highest BCUT2D eigenvalue weighted by atomic mass is 16.7. The third-order valence-corrected chi connectivity index (χ3v) is 6.30. The zero-order valence-electron chi connectivity index (χ0n) is 19.3. The number of rotatable bonds is 5. The highest BCUT2D eigenvalue weighted by molar-refractivity contribution is 6.01. The van der Waals surface area contributed by atoms with E-state index in [0.717, 1.165) is 26.2 Å². The molecule has 0 radical (unpaired) electrons. The Morgan fingerprint density at radius 3 is 2.27 bits per heavy atom. The summed E-state index contributed by atoms with van der Waals surface area (Å²) in [5, 5.41) is 4.99. The SMILES string of the molecule is CC1CC(C)CN(C(=O)CN2CCN(CC(=O)NC(=O)Nc3ccc4c(c3)OCO4)CC2)C1. The number of carbonyl (C=O) groups excluding carboxylic acids is 3. The number of hydrogen-bond donors (Lipinski definition) is 2. The second-order valence-electron chi connectivity index (χ2n) is 9.37. The summed E-state index contributed by atoms with van der Waals surface area (Å²) in [6, 6.07) is 4.45. The van der Waals surface area contributed by atoms with Crippen molar-refractivity contribution in [2.75, 3.05) is 64.5 Å². The van der Waals surface area contributed by atoms with Gasteiger partial charge in [0.25, 0.3) is 0 Å². The van der Waals surface area contributed by atoms with Crippen molar-refractivity contribution in [2.24, 2.45) is 11.8 Å². The van der Waals surface area contributed by atoms with Crippen molar-refractivity contribution in [3.8, 4) is 11.5 Å². The van der Waals surface area contributed by atoms with Crippen molar-refractivity contribution in [3.63, 3.8) is 0 Å². The number of ether oxygens (including phenoxy) is 2.